The van der Waals surface area contributed by atoms with E-state index in [-0.39, 0.29) is 12.4 Å². The Morgan fingerprint density at radius 2 is 2.12 bits per heavy atom. The topological polar surface area (TPSA) is 32.7 Å². The molecule has 0 radical (unpaired) electrons. The van der Waals surface area contributed by atoms with Gasteiger partial charge < -0.3 is 14.7 Å². The van der Waals surface area contributed by atoms with E-state index in [1.54, 1.807) is 12.1 Å². The van der Waals surface area contributed by atoms with Gasteiger partial charge in [-0.05, 0) is 26.6 Å². The fourth-order valence-corrected chi connectivity index (χ4v) is 1.39. The lowest BCUT2D eigenvalue weighted by atomic mass is 10.2. The minimum atomic E-state index is -0.420. The maximum absolute atomic E-state index is 13.4. The van der Waals surface area contributed by atoms with Crippen LogP contribution in [0.15, 0.2) is 18.2 Å². The van der Waals surface area contributed by atoms with Gasteiger partial charge in [0.25, 0.3) is 0 Å². The predicted octanol–water partition coefficient (Wildman–Crippen LogP) is 1.65. The zero-order chi connectivity index (χ0) is 12.0. The summed E-state index contributed by atoms with van der Waals surface area (Å²) in [7, 11) is 3.95. The van der Waals surface area contributed by atoms with Gasteiger partial charge in [0.15, 0.2) is 11.6 Å². The lowest BCUT2D eigenvalue weighted by Gasteiger charge is -2.12. The Morgan fingerprint density at radius 3 is 2.75 bits per heavy atom. The van der Waals surface area contributed by atoms with Crippen LogP contribution in [0, 0.1) is 5.82 Å². The molecule has 3 nitrogen and oxygen atoms in total. The smallest absolute Gasteiger partial charge is 0.165 e. The van der Waals surface area contributed by atoms with Crippen molar-refractivity contribution in [3.63, 3.8) is 0 Å². The van der Waals surface area contributed by atoms with Crippen LogP contribution in [-0.2, 0) is 6.61 Å². The van der Waals surface area contributed by atoms with Crippen molar-refractivity contribution in [3.05, 3.63) is 29.6 Å². The number of benzene rings is 1. The third kappa shape index (κ3) is 3.79. The number of rotatable bonds is 6. The molecule has 1 aromatic rings. The van der Waals surface area contributed by atoms with Crippen LogP contribution in [0.5, 0.6) is 5.75 Å². The van der Waals surface area contributed by atoms with Crippen LogP contribution in [0.4, 0.5) is 4.39 Å². The van der Waals surface area contributed by atoms with Crippen molar-refractivity contribution in [1.82, 2.24) is 4.90 Å². The van der Waals surface area contributed by atoms with Gasteiger partial charge in [-0.3, -0.25) is 0 Å². The second-order valence-electron chi connectivity index (χ2n) is 3.89. The number of hydrogen-bond acceptors (Lipinski definition) is 3. The highest BCUT2D eigenvalue weighted by Crippen LogP contribution is 2.22. The third-order valence-corrected chi connectivity index (χ3v) is 2.21. The van der Waals surface area contributed by atoms with E-state index < -0.39 is 5.82 Å². The van der Waals surface area contributed by atoms with Gasteiger partial charge in [0, 0.05) is 12.1 Å². The number of halogens is 1. The van der Waals surface area contributed by atoms with Crippen molar-refractivity contribution in [1.29, 1.82) is 0 Å². The molecule has 0 spiro atoms. The summed E-state index contributed by atoms with van der Waals surface area (Å²) >= 11 is 0. The largest absolute Gasteiger partial charge is 0.490 e. The van der Waals surface area contributed by atoms with Gasteiger partial charge in [-0.2, -0.15) is 0 Å². The van der Waals surface area contributed by atoms with Crippen molar-refractivity contribution in [2.45, 2.75) is 13.0 Å². The van der Waals surface area contributed by atoms with Gasteiger partial charge in [-0.25, -0.2) is 4.39 Å². The highest BCUT2D eigenvalue weighted by Gasteiger charge is 2.08. The summed E-state index contributed by atoms with van der Waals surface area (Å²) in [5.74, 6) is -0.250. The van der Waals surface area contributed by atoms with Gasteiger partial charge in [0.2, 0.25) is 0 Å². The van der Waals surface area contributed by atoms with E-state index in [1.165, 1.54) is 6.07 Å². The molecular weight excluding hydrogens is 209 g/mol. The van der Waals surface area contributed by atoms with E-state index in [0.29, 0.717) is 12.2 Å². The van der Waals surface area contributed by atoms with Crippen LogP contribution in [0.3, 0.4) is 0 Å². The monoisotopic (exact) mass is 227 g/mol. The molecular formula is C12H18FNO2. The lowest BCUT2D eigenvalue weighted by Crippen LogP contribution is -2.16. The summed E-state index contributed by atoms with van der Waals surface area (Å²) in [5.41, 5.74) is 0.491. The Labute approximate surface area is 95.5 Å². The lowest BCUT2D eigenvalue weighted by molar-refractivity contribution is 0.246. The van der Waals surface area contributed by atoms with Crippen LogP contribution in [0.2, 0.25) is 0 Å². The van der Waals surface area contributed by atoms with Crippen LogP contribution in [-0.4, -0.2) is 37.3 Å². The second-order valence-corrected chi connectivity index (χ2v) is 3.89. The van der Waals surface area contributed by atoms with Crippen LogP contribution in [0.1, 0.15) is 12.0 Å². The molecule has 0 aromatic heterocycles. The average molecular weight is 227 g/mol. The second kappa shape index (κ2) is 6.45. The number of hydrogen-bond donors (Lipinski definition) is 1. The maximum atomic E-state index is 13.4. The normalized spacial score (nSPS) is 10.8. The minimum Gasteiger partial charge on any atom is -0.490 e. The van der Waals surface area contributed by atoms with E-state index in [4.69, 9.17) is 9.84 Å². The number of ether oxygens (including phenoxy) is 1. The Hall–Kier alpha value is -1.13. The quantitative estimate of drug-likeness (QED) is 0.750. The van der Waals surface area contributed by atoms with Crippen LogP contribution in [0.25, 0.3) is 0 Å². The highest BCUT2D eigenvalue weighted by molar-refractivity contribution is 5.34. The summed E-state index contributed by atoms with van der Waals surface area (Å²) < 4.78 is 18.7. The first-order chi connectivity index (χ1) is 7.65. The first-order valence-electron chi connectivity index (χ1n) is 5.31. The van der Waals surface area contributed by atoms with E-state index in [1.807, 2.05) is 19.0 Å². The molecule has 0 bridgehead atoms. The third-order valence-electron chi connectivity index (χ3n) is 2.21. The zero-order valence-electron chi connectivity index (χ0n) is 9.74. The highest BCUT2D eigenvalue weighted by atomic mass is 19.1. The summed E-state index contributed by atoms with van der Waals surface area (Å²) in [4.78, 5) is 2.04. The van der Waals surface area contributed by atoms with E-state index in [0.717, 1.165) is 13.0 Å². The number of nitrogens with zero attached hydrogens (tertiary/aromatic N) is 1. The first-order valence-corrected chi connectivity index (χ1v) is 5.31. The fraction of sp³-hybridized carbons (Fsp3) is 0.500. The molecule has 0 saturated heterocycles. The number of para-hydroxylation sites is 1. The van der Waals surface area contributed by atoms with Crippen molar-refractivity contribution in [2.75, 3.05) is 27.2 Å². The van der Waals surface area contributed by atoms with Gasteiger partial charge in [0.05, 0.1) is 13.2 Å². The summed E-state index contributed by atoms with van der Waals surface area (Å²) in [5, 5.41) is 9.03. The number of aliphatic hydroxyl groups is 1. The molecule has 0 aliphatic carbocycles. The standard InChI is InChI=1S/C12H18FNO2/c1-14(2)7-4-8-16-12-10(9-15)5-3-6-11(12)13/h3,5-6,15H,4,7-9H2,1-2H3. The Balaban J connectivity index is 2.52. The average Bonchev–Trinajstić information content (AvgIpc) is 2.25. The van der Waals surface area contributed by atoms with Gasteiger partial charge in [-0.1, -0.05) is 12.1 Å². The Morgan fingerprint density at radius 1 is 1.38 bits per heavy atom. The summed E-state index contributed by atoms with van der Waals surface area (Å²) in [6.07, 6.45) is 0.826. The molecule has 0 aliphatic rings. The SMILES string of the molecule is CN(C)CCCOc1c(F)cccc1CO. The van der Waals surface area contributed by atoms with Gasteiger partial charge >= 0.3 is 0 Å². The molecule has 1 rings (SSSR count). The molecule has 0 amide bonds. The molecule has 0 fully saturated rings. The molecule has 4 heteroatoms. The molecule has 1 aromatic carbocycles. The van der Waals surface area contributed by atoms with Crippen molar-refractivity contribution < 1.29 is 14.2 Å². The molecule has 1 N–H and O–H groups in total. The van der Waals surface area contributed by atoms with E-state index in [9.17, 15) is 4.39 Å². The van der Waals surface area contributed by atoms with Crippen molar-refractivity contribution >= 4 is 0 Å². The van der Waals surface area contributed by atoms with Crippen LogP contribution < -0.4 is 4.74 Å². The van der Waals surface area contributed by atoms with Gasteiger partial charge in [0.1, 0.15) is 0 Å². The first kappa shape index (κ1) is 12.9. The molecule has 0 atom stereocenters. The fourth-order valence-electron chi connectivity index (χ4n) is 1.39. The molecule has 0 unspecified atom stereocenters. The minimum absolute atomic E-state index is 0.170. The summed E-state index contributed by atoms with van der Waals surface area (Å²) in [6.45, 7) is 1.13. The molecule has 16 heavy (non-hydrogen) atoms. The molecule has 90 valence electrons. The Kier molecular flexibility index (Phi) is 5.22. The zero-order valence-corrected chi connectivity index (χ0v) is 9.74. The Bertz CT molecular complexity index is 329. The van der Waals surface area contributed by atoms with Crippen LogP contribution >= 0.6 is 0 Å². The molecule has 0 aliphatic heterocycles. The maximum Gasteiger partial charge on any atom is 0.165 e. The van der Waals surface area contributed by atoms with E-state index in [2.05, 4.69) is 0 Å². The summed E-state index contributed by atoms with van der Waals surface area (Å²) in [6, 6.07) is 4.55. The van der Waals surface area contributed by atoms with Gasteiger partial charge in [-0.15, -0.1) is 0 Å². The molecule has 0 heterocycles. The van der Waals surface area contributed by atoms with Crippen molar-refractivity contribution in [3.8, 4) is 5.75 Å². The molecule has 0 saturated carbocycles. The predicted molar refractivity (Wildman–Crippen MR) is 61.0 cm³/mol. The number of aliphatic hydroxyl groups excluding tert-OH is 1. The van der Waals surface area contributed by atoms with Crippen molar-refractivity contribution in [2.24, 2.45) is 0 Å². The van der Waals surface area contributed by atoms with E-state index >= 15 is 0 Å².